The molecule has 0 atom stereocenters. The largest absolute Gasteiger partial charge is 0.334 e. The standard InChI is InChI=1S/C12H15ClN6O3/c1-4-18-6-8(13)9(15-18)7-16(2)12(20)11-10(19(21)22)5-14-17(11)3/h5-6H,4,7H2,1-3H3. The minimum atomic E-state index is -0.632. The van der Waals surface area contributed by atoms with E-state index in [1.165, 1.54) is 23.7 Å². The Morgan fingerprint density at radius 3 is 2.77 bits per heavy atom. The van der Waals surface area contributed by atoms with Crippen LogP contribution in [-0.4, -0.2) is 42.3 Å². The maximum absolute atomic E-state index is 12.4. The highest BCUT2D eigenvalue weighted by atomic mass is 35.5. The second-order valence-electron chi connectivity index (χ2n) is 4.70. The molecule has 0 N–H and O–H groups in total. The third-order valence-electron chi connectivity index (χ3n) is 3.16. The molecule has 0 aliphatic carbocycles. The van der Waals surface area contributed by atoms with E-state index in [1.807, 2.05) is 6.92 Å². The molecule has 118 valence electrons. The first-order chi connectivity index (χ1) is 10.3. The Morgan fingerprint density at radius 1 is 1.55 bits per heavy atom. The van der Waals surface area contributed by atoms with Crippen LogP contribution in [0.25, 0.3) is 0 Å². The molecule has 2 rings (SSSR count). The number of nitro groups is 1. The van der Waals surface area contributed by atoms with Gasteiger partial charge < -0.3 is 4.90 Å². The van der Waals surface area contributed by atoms with Crippen LogP contribution in [0.3, 0.4) is 0 Å². The van der Waals surface area contributed by atoms with Gasteiger partial charge in [-0.1, -0.05) is 11.6 Å². The first-order valence-corrected chi connectivity index (χ1v) is 6.86. The maximum Gasteiger partial charge on any atom is 0.320 e. The fourth-order valence-electron chi connectivity index (χ4n) is 1.99. The van der Waals surface area contributed by atoms with Crippen molar-refractivity contribution < 1.29 is 9.72 Å². The van der Waals surface area contributed by atoms with Gasteiger partial charge in [0.1, 0.15) is 11.9 Å². The molecule has 22 heavy (non-hydrogen) atoms. The molecule has 0 aliphatic rings. The number of hydrogen-bond donors (Lipinski definition) is 0. The number of amides is 1. The molecule has 2 aromatic rings. The van der Waals surface area contributed by atoms with Crippen molar-refractivity contribution in [2.45, 2.75) is 20.0 Å². The van der Waals surface area contributed by atoms with E-state index in [4.69, 9.17) is 11.6 Å². The predicted molar refractivity (Wildman–Crippen MR) is 78.6 cm³/mol. The molecule has 2 heterocycles. The van der Waals surface area contributed by atoms with E-state index in [0.29, 0.717) is 17.3 Å². The van der Waals surface area contributed by atoms with Gasteiger partial charge in [-0.05, 0) is 6.92 Å². The van der Waals surface area contributed by atoms with Crippen molar-refractivity contribution in [1.82, 2.24) is 24.5 Å². The van der Waals surface area contributed by atoms with Gasteiger partial charge in [-0.25, -0.2) is 0 Å². The molecule has 0 saturated carbocycles. The third-order valence-corrected chi connectivity index (χ3v) is 3.48. The van der Waals surface area contributed by atoms with Crippen LogP contribution >= 0.6 is 11.6 Å². The summed E-state index contributed by atoms with van der Waals surface area (Å²) >= 11 is 6.06. The van der Waals surface area contributed by atoms with Crippen LogP contribution in [-0.2, 0) is 20.1 Å². The second-order valence-corrected chi connectivity index (χ2v) is 5.11. The Labute approximate surface area is 131 Å². The molecule has 10 heteroatoms. The summed E-state index contributed by atoms with van der Waals surface area (Å²) in [6.45, 7) is 2.72. The summed E-state index contributed by atoms with van der Waals surface area (Å²) in [6, 6.07) is 0. The van der Waals surface area contributed by atoms with Crippen molar-refractivity contribution in [3.8, 4) is 0 Å². The van der Waals surface area contributed by atoms with E-state index in [2.05, 4.69) is 10.2 Å². The topological polar surface area (TPSA) is 99.1 Å². The summed E-state index contributed by atoms with van der Waals surface area (Å²) in [4.78, 5) is 24.1. The highest BCUT2D eigenvalue weighted by Crippen LogP contribution is 2.21. The van der Waals surface area contributed by atoms with Crippen LogP contribution in [0.5, 0.6) is 0 Å². The number of halogens is 1. The molecule has 0 aromatic carbocycles. The number of nitrogens with zero attached hydrogens (tertiary/aromatic N) is 6. The number of aromatic nitrogens is 4. The van der Waals surface area contributed by atoms with E-state index >= 15 is 0 Å². The summed E-state index contributed by atoms with van der Waals surface area (Å²) in [5, 5.41) is 19.4. The molecule has 9 nitrogen and oxygen atoms in total. The molecule has 0 saturated heterocycles. The van der Waals surface area contributed by atoms with E-state index < -0.39 is 10.8 Å². The Morgan fingerprint density at radius 2 is 2.23 bits per heavy atom. The SMILES string of the molecule is CCn1cc(Cl)c(CN(C)C(=O)c2c([N+](=O)[O-])cnn2C)n1. The van der Waals surface area contributed by atoms with E-state index in [1.54, 1.807) is 10.9 Å². The zero-order valence-electron chi connectivity index (χ0n) is 12.4. The lowest BCUT2D eigenvalue weighted by Crippen LogP contribution is -2.29. The fourth-order valence-corrected chi connectivity index (χ4v) is 2.20. The summed E-state index contributed by atoms with van der Waals surface area (Å²) in [5.74, 6) is -0.520. The third kappa shape index (κ3) is 2.93. The first kappa shape index (κ1) is 16.0. The summed E-state index contributed by atoms with van der Waals surface area (Å²) in [6.07, 6.45) is 2.72. The second kappa shape index (κ2) is 6.14. The molecule has 0 fully saturated rings. The summed E-state index contributed by atoms with van der Waals surface area (Å²) < 4.78 is 2.84. The van der Waals surface area contributed by atoms with Crippen LogP contribution < -0.4 is 0 Å². The molecule has 0 aliphatic heterocycles. The van der Waals surface area contributed by atoms with Crippen molar-refractivity contribution in [1.29, 1.82) is 0 Å². The number of carbonyl (C=O) groups is 1. The van der Waals surface area contributed by atoms with E-state index in [9.17, 15) is 14.9 Å². The monoisotopic (exact) mass is 326 g/mol. The molecule has 0 bridgehead atoms. The van der Waals surface area contributed by atoms with E-state index in [0.717, 1.165) is 6.20 Å². The lowest BCUT2D eigenvalue weighted by Gasteiger charge is -2.15. The molecule has 0 spiro atoms. The molecule has 0 unspecified atom stereocenters. The number of rotatable bonds is 5. The smallest absolute Gasteiger partial charge is 0.320 e. The van der Waals surface area contributed by atoms with Crippen LogP contribution in [0.15, 0.2) is 12.4 Å². The van der Waals surface area contributed by atoms with Gasteiger partial charge in [-0.15, -0.1) is 0 Å². The number of carbonyl (C=O) groups excluding carboxylic acids is 1. The molecule has 1 amide bonds. The lowest BCUT2D eigenvalue weighted by molar-refractivity contribution is -0.385. The van der Waals surface area contributed by atoms with Crippen molar-refractivity contribution in [2.24, 2.45) is 7.05 Å². The average Bonchev–Trinajstić information content (AvgIpc) is 3.01. The van der Waals surface area contributed by atoms with Gasteiger partial charge >= 0.3 is 5.69 Å². The minimum Gasteiger partial charge on any atom is -0.334 e. The average molecular weight is 327 g/mol. The van der Waals surface area contributed by atoms with Crippen molar-refractivity contribution in [3.63, 3.8) is 0 Å². The molecular weight excluding hydrogens is 312 g/mol. The van der Waals surface area contributed by atoms with Gasteiger partial charge in [0.05, 0.1) is 16.5 Å². The van der Waals surface area contributed by atoms with Crippen LogP contribution in [0.2, 0.25) is 5.02 Å². The van der Waals surface area contributed by atoms with Gasteiger partial charge in [0.15, 0.2) is 0 Å². The molecular formula is C12H15ClN6O3. The highest BCUT2D eigenvalue weighted by Gasteiger charge is 2.28. The Kier molecular flexibility index (Phi) is 4.45. The van der Waals surface area contributed by atoms with Gasteiger partial charge in [-0.3, -0.25) is 24.3 Å². The lowest BCUT2D eigenvalue weighted by atomic mass is 10.3. The summed E-state index contributed by atoms with van der Waals surface area (Å²) in [5.41, 5.74) is 0.118. The van der Waals surface area contributed by atoms with Gasteiger partial charge in [0.2, 0.25) is 5.69 Å². The van der Waals surface area contributed by atoms with Crippen LogP contribution in [0.1, 0.15) is 23.1 Å². The normalized spacial score (nSPS) is 10.7. The maximum atomic E-state index is 12.4. The number of hydrogen-bond acceptors (Lipinski definition) is 5. The first-order valence-electron chi connectivity index (χ1n) is 6.48. The summed E-state index contributed by atoms with van der Waals surface area (Å²) in [7, 11) is 3.01. The fraction of sp³-hybridized carbons (Fsp3) is 0.417. The Hall–Kier alpha value is -2.42. The molecule has 0 radical (unpaired) electrons. The zero-order chi connectivity index (χ0) is 16.4. The minimum absolute atomic E-state index is 0.0847. The Bertz CT molecular complexity index is 723. The zero-order valence-corrected chi connectivity index (χ0v) is 13.1. The quantitative estimate of drug-likeness (QED) is 0.612. The van der Waals surface area contributed by atoms with E-state index in [-0.39, 0.29) is 17.9 Å². The predicted octanol–water partition coefficient (Wildman–Crippen LogP) is 1.47. The van der Waals surface area contributed by atoms with Crippen molar-refractivity contribution in [2.75, 3.05) is 7.05 Å². The number of aryl methyl sites for hydroxylation is 2. The Balaban J connectivity index is 2.24. The van der Waals surface area contributed by atoms with Gasteiger partial charge in [0.25, 0.3) is 5.91 Å². The highest BCUT2D eigenvalue weighted by molar-refractivity contribution is 6.31. The van der Waals surface area contributed by atoms with Crippen LogP contribution in [0, 0.1) is 10.1 Å². The van der Waals surface area contributed by atoms with Crippen LogP contribution in [0.4, 0.5) is 5.69 Å². The van der Waals surface area contributed by atoms with Crippen molar-refractivity contribution in [3.05, 3.63) is 38.9 Å². The van der Waals surface area contributed by atoms with Gasteiger partial charge in [0, 0.05) is 26.8 Å². The van der Waals surface area contributed by atoms with Gasteiger partial charge in [-0.2, -0.15) is 10.2 Å². The molecule has 2 aromatic heterocycles. The van der Waals surface area contributed by atoms with Crippen molar-refractivity contribution >= 4 is 23.2 Å².